The van der Waals surface area contributed by atoms with Gasteiger partial charge in [0.2, 0.25) is 5.95 Å². The van der Waals surface area contributed by atoms with Gasteiger partial charge in [-0.3, -0.25) is 4.79 Å². The molecule has 0 saturated heterocycles. The zero-order valence-corrected chi connectivity index (χ0v) is 13.7. The van der Waals surface area contributed by atoms with Crippen LogP contribution < -0.4 is 10.6 Å². The van der Waals surface area contributed by atoms with Gasteiger partial charge in [-0.05, 0) is 24.6 Å². The number of carbonyl (C=O) groups is 1. The molecule has 2 rings (SSSR count). The number of aromatic nitrogens is 2. The van der Waals surface area contributed by atoms with E-state index in [2.05, 4.69) is 27.5 Å². The van der Waals surface area contributed by atoms with Gasteiger partial charge in [-0.15, -0.1) is 0 Å². The number of nitrogens with zero attached hydrogens (tertiary/aromatic N) is 2. The molecule has 1 heterocycles. The molecule has 1 aromatic carbocycles. The van der Waals surface area contributed by atoms with Gasteiger partial charge in [0.25, 0.3) is 5.91 Å². The summed E-state index contributed by atoms with van der Waals surface area (Å²) in [4.78, 5) is 20.3. The fraction of sp³-hybridized carbons (Fsp3) is 0.353. The predicted molar refractivity (Wildman–Crippen MR) is 89.4 cm³/mol. The molecule has 8 heteroatoms. The summed E-state index contributed by atoms with van der Waals surface area (Å²) >= 11 is 0. The highest BCUT2D eigenvalue weighted by molar-refractivity contribution is 6.03. The maximum Gasteiger partial charge on any atom is 0.418 e. The van der Waals surface area contributed by atoms with Crippen LogP contribution in [0.4, 0.5) is 24.8 Å². The lowest BCUT2D eigenvalue weighted by Crippen LogP contribution is -2.18. The minimum Gasteiger partial charge on any atom is -0.354 e. The molecule has 0 atom stereocenters. The number of hydrogen-bond acceptors (Lipinski definition) is 4. The Labute approximate surface area is 143 Å². The number of hydrogen-bond donors (Lipinski definition) is 2. The number of carbonyl (C=O) groups excluding carboxylic acids is 1. The predicted octanol–water partition coefficient (Wildman–Crippen LogP) is 4.35. The fourth-order valence-corrected chi connectivity index (χ4v) is 2.17. The Morgan fingerprint density at radius 1 is 1.16 bits per heavy atom. The Kier molecular flexibility index (Phi) is 6.32. The normalized spacial score (nSPS) is 11.2. The third-order valence-electron chi connectivity index (χ3n) is 3.43. The molecule has 0 unspecified atom stereocenters. The summed E-state index contributed by atoms with van der Waals surface area (Å²) in [6.07, 6.45) is -0.0957. The molecule has 2 aromatic rings. The zero-order chi connectivity index (χ0) is 18.3. The minimum absolute atomic E-state index is 0.00929. The molecule has 0 fully saturated rings. The van der Waals surface area contributed by atoms with E-state index in [4.69, 9.17) is 0 Å². The first-order valence-corrected chi connectivity index (χ1v) is 7.96. The van der Waals surface area contributed by atoms with Crippen molar-refractivity contribution in [2.75, 3.05) is 17.2 Å². The van der Waals surface area contributed by atoms with Crippen LogP contribution in [-0.4, -0.2) is 22.4 Å². The van der Waals surface area contributed by atoms with Crippen LogP contribution in [-0.2, 0) is 6.18 Å². The van der Waals surface area contributed by atoms with Crippen LogP contribution in [0.5, 0.6) is 0 Å². The highest BCUT2D eigenvalue weighted by Gasteiger charge is 2.33. The number of halogens is 3. The van der Waals surface area contributed by atoms with Gasteiger partial charge in [0, 0.05) is 12.7 Å². The molecule has 134 valence electrons. The lowest BCUT2D eigenvalue weighted by molar-refractivity contribution is -0.136. The Bertz CT molecular complexity index is 719. The average molecular weight is 352 g/mol. The molecule has 0 spiro atoms. The van der Waals surface area contributed by atoms with Crippen molar-refractivity contribution in [1.82, 2.24) is 9.97 Å². The van der Waals surface area contributed by atoms with E-state index in [1.807, 2.05) is 0 Å². The maximum absolute atomic E-state index is 13.0. The Hall–Kier alpha value is -2.64. The largest absolute Gasteiger partial charge is 0.418 e. The number of alkyl halides is 3. The van der Waals surface area contributed by atoms with Gasteiger partial charge in [0.05, 0.1) is 11.3 Å². The second-order valence-electron chi connectivity index (χ2n) is 5.40. The summed E-state index contributed by atoms with van der Waals surface area (Å²) in [7, 11) is 0. The summed E-state index contributed by atoms with van der Waals surface area (Å²) in [5.41, 5.74) is -1.23. The highest BCUT2D eigenvalue weighted by atomic mass is 19.4. The molecule has 0 aliphatic carbocycles. The molecule has 0 aliphatic heterocycles. The second kappa shape index (κ2) is 8.46. The average Bonchev–Trinajstić information content (AvgIpc) is 2.58. The summed E-state index contributed by atoms with van der Waals surface area (Å²) in [5.74, 6) is -0.455. The van der Waals surface area contributed by atoms with Gasteiger partial charge in [0.15, 0.2) is 0 Å². The van der Waals surface area contributed by atoms with Crippen LogP contribution in [0, 0.1) is 0 Å². The molecule has 0 aliphatic rings. The number of anilines is 2. The molecule has 0 bridgehead atoms. The highest BCUT2D eigenvalue weighted by Crippen LogP contribution is 2.34. The number of rotatable bonds is 7. The van der Waals surface area contributed by atoms with E-state index in [9.17, 15) is 18.0 Å². The third-order valence-corrected chi connectivity index (χ3v) is 3.43. The Morgan fingerprint density at radius 2 is 1.92 bits per heavy atom. The minimum atomic E-state index is -4.55. The summed E-state index contributed by atoms with van der Waals surface area (Å²) < 4.78 is 38.9. The first kappa shape index (κ1) is 18.7. The van der Waals surface area contributed by atoms with Gasteiger partial charge in [-0.25, -0.2) is 9.97 Å². The van der Waals surface area contributed by atoms with Crippen molar-refractivity contribution in [1.29, 1.82) is 0 Å². The van der Waals surface area contributed by atoms with Crippen LogP contribution in [0.1, 0.15) is 42.2 Å². The van der Waals surface area contributed by atoms with Crippen molar-refractivity contribution in [2.24, 2.45) is 0 Å². The van der Waals surface area contributed by atoms with Gasteiger partial charge in [0.1, 0.15) is 5.69 Å². The molecule has 1 aromatic heterocycles. The number of unbranched alkanes of at least 4 members (excludes halogenated alkanes) is 2. The lowest BCUT2D eigenvalue weighted by Gasteiger charge is -2.13. The Morgan fingerprint density at radius 3 is 2.64 bits per heavy atom. The van der Waals surface area contributed by atoms with Gasteiger partial charge in [-0.1, -0.05) is 31.9 Å². The van der Waals surface area contributed by atoms with E-state index in [0.29, 0.717) is 6.54 Å². The summed E-state index contributed by atoms with van der Waals surface area (Å²) in [5, 5.41) is 5.25. The molecule has 1 amide bonds. The molecular weight excluding hydrogens is 333 g/mol. The monoisotopic (exact) mass is 352 g/mol. The van der Waals surface area contributed by atoms with Crippen LogP contribution in [0.2, 0.25) is 0 Å². The third kappa shape index (κ3) is 5.44. The molecule has 5 nitrogen and oxygen atoms in total. The van der Waals surface area contributed by atoms with E-state index < -0.39 is 17.6 Å². The van der Waals surface area contributed by atoms with Crippen molar-refractivity contribution in [3.63, 3.8) is 0 Å². The zero-order valence-electron chi connectivity index (χ0n) is 13.7. The molecular formula is C17H19F3N4O. The van der Waals surface area contributed by atoms with Crippen molar-refractivity contribution in [3.05, 3.63) is 47.8 Å². The number of benzene rings is 1. The Balaban J connectivity index is 2.09. The quantitative estimate of drug-likeness (QED) is 0.727. The number of amides is 1. The second-order valence-corrected chi connectivity index (χ2v) is 5.40. The topological polar surface area (TPSA) is 66.9 Å². The molecule has 0 radical (unpaired) electrons. The van der Waals surface area contributed by atoms with Gasteiger partial charge >= 0.3 is 6.18 Å². The first-order chi connectivity index (χ1) is 11.9. The standard InChI is InChI=1S/C17H19F3N4O/c1-2-3-6-10-21-16-22-11-9-14(24-16)15(25)23-13-8-5-4-7-12(13)17(18,19)20/h4-5,7-9,11H,2-3,6,10H2,1H3,(H,23,25)(H,21,22,24). The fourth-order valence-electron chi connectivity index (χ4n) is 2.17. The van der Waals surface area contributed by atoms with E-state index in [0.717, 1.165) is 25.3 Å². The smallest absolute Gasteiger partial charge is 0.354 e. The van der Waals surface area contributed by atoms with E-state index >= 15 is 0 Å². The van der Waals surface area contributed by atoms with Crippen LogP contribution in [0.3, 0.4) is 0 Å². The SMILES string of the molecule is CCCCCNc1nccc(C(=O)Nc2ccccc2C(F)(F)F)n1. The lowest BCUT2D eigenvalue weighted by atomic mass is 10.1. The molecule has 2 N–H and O–H groups in total. The number of nitrogens with one attached hydrogen (secondary N) is 2. The first-order valence-electron chi connectivity index (χ1n) is 7.96. The number of para-hydroxylation sites is 1. The van der Waals surface area contributed by atoms with Gasteiger partial charge in [-0.2, -0.15) is 13.2 Å². The van der Waals surface area contributed by atoms with Gasteiger partial charge < -0.3 is 10.6 Å². The summed E-state index contributed by atoms with van der Waals surface area (Å²) in [6.45, 7) is 2.75. The van der Waals surface area contributed by atoms with Crippen molar-refractivity contribution >= 4 is 17.5 Å². The molecule has 0 saturated carbocycles. The van der Waals surface area contributed by atoms with Crippen molar-refractivity contribution in [2.45, 2.75) is 32.4 Å². The maximum atomic E-state index is 13.0. The molecule has 25 heavy (non-hydrogen) atoms. The van der Waals surface area contributed by atoms with Crippen LogP contribution >= 0.6 is 0 Å². The van der Waals surface area contributed by atoms with E-state index in [-0.39, 0.29) is 17.3 Å². The van der Waals surface area contributed by atoms with Crippen LogP contribution in [0.15, 0.2) is 36.5 Å². The van der Waals surface area contributed by atoms with Crippen molar-refractivity contribution < 1.29 is 18.0 Å². The summed E-state index contributed by atoms with van der Waals surface area (Å²) in [6, 6.07) is 6.15. The van der Waals surface area contributed by atoms with E-state index in [1.54, 1.807) is 0 Å². The van der Waals surface area contributed by atoms with E-state index in [1.165, 1.54) is 30.5 Å². The van der Waals surface area contributed by atoms with Crippen LogP contribution in [0.25, 0.3) is 0 Å². The van der Waals surface area contributed by atoms with Crippen molar-refractivity contribution in [3.8, 4) is 0 Å².